The number of rotatable bonds is 4. The van der Waals surface area contributed by atoms with E-state index in [1.54, 1.807) is 29.7 Å². The molecule has 0 saturated carbocycles. The Morgan fingerprint density at radius 2 is 2.00 bits per heavy atom. The van der Waals surface area contributed by atoms with Gasteiger partial charge in [-0.25, -0.2) is 9.78 Å². The molecule has 6 nitrogen and oxygen atoms in total. The number of esters is 1. The zero-order valence-corrected chi connectivity index (χ0v) is 14.4. The Kier molecular flexibility index (Phi) is 4.16. The van der Waals surface area contributed by atoms with Gasteiger partial charge in [0.1, 0.15) is 5.82 Å². The standard InChI is InChI=1S/C20H19N3O3/c1-2-26-20(25)14-8-4-6-10-16(14)21-17-11-12-23-18(17)22-15-9-5-3-7-13(15)19(23)24/h3-10,17,21H,2,11-12H2,1H3. The minimum atomic E-state index is -0.363. The molecule has 2 aromatic carbocycles. The zero-order valence-electron chi connectivity index (χ0n) is 14.4. The summed E-state index contributed by atoms with van der Waals surface area (Å²) in [4.78, 5) is 29.6. The van der Waals surface area contributed by atoms with Crippen LogP contribution in [0.1, 0.15) is 35.6 Å². The van der Waals surface area contributed by atoms with Crippen molar-refractivity contribution in [3.05, 3.63) is 70.3 Å². The lowest BCUT2D eigenvalue weighted by Crippen LogP contribution is -2.22. The molecule has 0 bridgehead atoms. The number of benzene rings is 2. The van der Waals surface area contributed by atoms with Crippen LogP contribution in [0.25, 0.3) is 10.9 Å². The van der Waals surface area contributed by atoms with E-state index in [2.05, 4.69) is 10.3 Å². The summed E-state index contributed by atoms with van der Waals surface area (Å²) < 4.78 is 6.84. The van der Waals surface area contributed by atoms with Crippen LogP contribution in [0.4, 0.5) is 5.69 Å². The molecule has 1 aliphatic heterocycles. The molecule has 0 aliphatic carbocycles. The molecule has 0 saturated heterocycles. The van der Waals surface area contributed by atoms with Crippen molar-refractivity contribution < 1.29 is 9.53 Å². The Hall–Kier alpha value is -3.15. The lowest BCUT2D eigenvalue weighted by molar-refractivity contribution is 0.0527. The highest BCUT2D eigenvalue weighted by Crippen LogP contribution is 2.29. The van der Waals surface area contributed by atoms with E-state index >= 15 is 0 Å². The fraction of sp³-hybridized carbons (Fsp3) is 0.250. The number of carbonyl (C=O) groups is 1. The predicted octanol–water partition coefficient (Wildman–Crippen LogP) is 3.13. The number of hydrogen-bond acceptors (Lipinski definition) is 5. The lowest BCUT2D eigenvalue weighted by atomic mass is 10.1. The van der Waals surface area contributed by atoms with E-state index in [1.165, 1.54) is 0 Å². The van der Waals surface area contributed by atoms with E-state index in [0.717, 1.165) is 6.42 Å². The Bertz CT molecular complexity index is 1040. The van der Waals surface area contributed by atoms with E-state index in [4.69, 9.17) is 4.74 Å². The van der Waals surface area contributed by atoms with Crippen molar-refractivity contribution in [2.75, 3.05) is 11.9 Å². The third-order valence-electron chi connectivity index (χ3n) is 4.60. The van der Waals surface area contributed by atoms with Gasteiger partial charge < -0.3 is 10.1 Å². The molecule has 6 heteroatoms. The summed E-state index contributed by atoms with van der Waals surface area (Å²) in [7, 11) is 0. The van der Waals surface area contributed by atoms with Crippen LogP contribution in [0, 0.1) is 0 Å². The number of nitrogens with one attached hydrogen (secondary N) is 1. The fourth-order valence-corrected chi connectivity index (χ4v) is 3.37. The first kappa shape index (κ1) is 16.3. The molecule has 1 atom stereocenters. The summed E-state index contributed by atoms with van der Waals surface area (Å²) in [5.74, 6) is 0.338. The molecule has 1 aromatic heterocycles. The molecule has 2 heterocycles. The number of hydrogen-bond donors (Lipinski definition) is 1. The molecule has 0 amide bonds. The van der Waals surface area contributed by atoms with Crippen molar-refractivity contribution in [1.82, 2.24) is 9.55 Å². The van der Waals surface area contributed by atoms with Crippen molar-refractivity contribution in [2.24, 2.45) is 0 Å². The largest absolute Gasteiger partial charge is 0.462 e. The first-order valence-electron chi connectivity index (χ1n) is 8.71. The second-order valence-electron chi connectivity index (χ2n) is 6.20. The van der Waals surface area contributed by atoms with Gasteiger partial charge >= 0.3 is 5.97 Å². The van der Waals surface area contributed by atoms with Crippen LogP contribution in [-0.2, 0) is 11.3 Å². The number of anilines is 1. The van der Waals surface area contributed by atoms with Crippen LogP contribution in [0.2, 0.25) is 0 Å². The van der Waals surface area contributed by atoms with Crippen molar-refractivity contribution in [2.45, 2.75) is 25.9 Å². The average molecular weight is 349 g/mol. The van der Waals surface area contributed by atoms with Crippen LogP contribution in [-0.4, -0.2) is 22.1 Å². The van der Waals surface area contributed by atoms with Crippen molar-refractivity contribution in [3.63, 3.8) is 0 Å². The Labute approximate surface area is 150 Å². The average Bonchev–Trinajstić information content (AvgIpc) is 3.06. The fourth-order valence-electron chi connectivity index (χ4n) is 3.37. The second kappa shape index (κ2) is 6.63. The van der Waals surface area contributed by atoms with E-state index in [0.29, 0.717) is 41.1 Å². The molecule has 1 N–H and O–H groups in total. The predicted molar refractivity (Wildman–Crippen MR) is 99.4 cm³/mol. The van der Waals surface area contributed by atoms with Gasteiger partial charge in [-0.3, -0.25) is 9.36 Å². The summed E-state index contributed by atoms with van der Waals surface area (Å²) >= 11 is 0. The molecule has 26 heavy (non-hydrogen) atoms. The SMILES string of the molecule is CCOC(=O)c1ccccc1NC1CCn2c1nc1ccccc1c2=O. The van der Waals surface area contributed by atoms with Gasteiger partial charge in [-0.1, -0.05) is 24.3 Å². The number of aromatic nitrogens is 2. The Morgan fingerprint density at radius 3 is 2.85 bits per heavy atom. The molecule has 132 valence electrons. The van der Waals surface area contributed by atoms with Gasteiger partial charge in [0.25, 0.3) is 5.56 Å². The molecule has 3 aromatic rings. The highest BCUT2D eigenvalue weighted by Gasteiger charge is 2.27. The molecular formula is C20H19N3O3. The van der Waals surface area contributed by atoms with Gasteiger partial charge in [-0.15, -0.1) is 0 Å². The highest BCUT2D eigenvalue weighted by molar-refractivity contribution is 5.95. The van der Waals surface area contributed by atoms with E-state index in [-0.39, 0.29) is 17.6 Å². The van der Waals surface area contributed by atoms with Gasteiger partial charge in [-0.05, 0) is 37.6 Å². The topological polar surface area (TPSA) is 73.2 Å². The smallest absolute Gasteiger partial charge is 0.340 e. The van der Waals surface area contributed by atoms with Gasteiger partial charge in [-0.2, -0.15) is 0 Å². The van der Waals surface area contributed by atoms with Gasteiger partial charge in [0.15, 0.2) is 0 Å². The number of ether oxygens (including phenoxy) is 1. The van der Waals surface area contributed by atoms with Gasteiger partial charge in [0.2, 0.25) is 0 Å². The van der Waals surface area contributed by atoms with E-state index in [1.807, 2.05) is 30.3 Å². The third-order valence-corrected chi connectivity index (χ3v) is 4.60. The maximum absolute atomic E-state index is 12.7. The van der Waals surface area contributed by atoms with Crippen LogP contribution in [0.15, 0.2) is 53.3 Å². The maximum atomic E-state index is 12.7. The monoisotopic (exact) mass is 349 g/mol. The minimum absolute atomic E-state index is 0.0198. The van der Waals surface area contributed by atoms with Crippen LogP contribution >= 0.6 is 0 Å². The minimum Gasteiger partial charge on any atom is -0.462 e. The zero-order chi connectivity index (χ0) is 18.1. The first-order valence-corrected chi connectivity index (χ1v) is 8.71. The molecule has 4 rings (SSSR count). The number of nitrogens with zero attached hydrogens (tertiary/aromatic N) is 2. The van der Waals surface area contributed by atoms with Crippen LogP contribution in [0.3, 0.4) is 0 Å². The quantitative estimate of drug-likeness (QED) is 0.733. The van der Waals surface area contributed by atoms with E-state index in [9.17, 15) is 9.59 Å². The summed E-state index contributed by atoms with van der Waals surface area (Å²) in [5, 5.41) is 4.00. The number of carbonyl (C=O) groups excluding carboxylic acids is 1. The second-order valence-corrected chi connectivity index (χ2v) is 6.20. The Morgan fingerprint density at radius 1 is 1.23 bits per heavy atom. The normalized spacial score (nSPS) is 15.7. The Balaban J connectivity index is 1.72. The summed E-state index contributed by atoms with van der Waals surface area (Å²) in [6.07, 6.45) is 0.732. The van der Waals surface area contributed by atoms with Crippen LogP contribution in [0.5, 0.6) is 0 Å². The van der Waals surface area contributed by atoms with Crippen molar-refractivity contribution in [3.8, 4) is 0 Å². The highest BCUT2D eigenvalue weighted by atomic mass is 16.5. The van der Waals surface area contributed by atoms with Gasteiger partial charge in [0, 0.05) is 12.2 Å². The molecule has 1 unspecified atom stereocenters. The number of fused-ring (bicyclic) bond motifs is 2. The van der Waals surface area contributed by atoms with Gasteiger partial charge in [0.05, 0.1) is 29.1 Å². The molecule has 1 aliphatic rings. The lowest BCUT2D eigenvalue weighted by Gasteiger charge is -2.17. The molecule has 0 fully saturated rings. The molecular weight excluding hydrogens is 330 g/mol. The van der Waals surface area contributed by atoms with Crippen molar-refractivity contribution in [1.29, 1.82) is 0 Å². The third kappa shape index (κ3) is 2.73. The summed E-state index contributed by atoms with van der Waals surface area (Å²) in [6, 6.07) is 14.5. The first-order chi connectivity index (χ1) is 12.7. The van der Waals surface area contributed by atoms with Crippen molar-refractivity contribution >= 4 is 22.6 Å². The maximum Gasteiger partial charge on any atom is 0.340 e. The summed E-state index contributed by atoms with van der Waals surface area (Å²) in [6.45, 7) is 2.70. The number of para-hydroxylation sites is 2. The molecule has 0 radical (unpaired) electrons. The molecule has 0 spiro atoms. The van der Waals surface area contributed by atoms with E-state index < -0.39 is 0 Å². The summed E-state index contributed by atoms with van der Waals surface area (Å²) in [5.41, 5.74) is 1.84. The van der Waals surface area contributed by atoms with Crippen LogP contribution < -0.4 is 10.9 Å².